The Hall–Kier alpha value is -5.39. The number of rotatable bonds is 12. The van der Waals surface area contributed by atoms with Gasteiger partial charge in [0.25, 0.3) is 0 Å². The van der Waals surface area contributed by atoms with Gasteiger partial charge in [-0.1, -0.05) is 0 Å². The van der Waals surface area contributed by atoms with Gasteiger partial charge < -0.3 is 0 Å². The van der Waals surface area contributed by atoms with Gasteiger partial charge in [0.15, 0.2) is 0 Å². The van der Waals surface area contributed by atoms with E-state index in [1.807, 2.05) is 164 Å². The van der Waals surface area contributed by atoms with Crippen LogP contribution in [0.3, 0.4) is 0 Å². The van der Waals surface area contributed by atoms with Gasteiger partial charge in [0.05, 0.1) is 0 Å². The molecule has 0 N–H and O–H groups in total. The maximum absolute atomic E-state index is 13.4. The van der Waals surface area contributed by atoms with Crippen molar-refractivity contribution in [1.82, 2.24) is 0 Å². The summed E-state index contributed by atoms with van der Waals surface area (Å²) in [4.78, 5) is 40.2. The molecule has 242 valence electrons. The van der Waals surface area contributed by atoms with Gasteiger partial charge in [-0.2, -0.15) is 0 Å². The first-order valence-corrected chi connectivity index (χ1v) is 20.1. The van der Waals surface area contributed by atoms with Gasteiger partial charge in [0, 0.05) is 0 Å². The van der Waals surface area contributed by atoms with Crippen LogP contribution in [0, 0.1) is 0 Å². The van der Waals surface area contributed by atoms with Crippen LogP contribution in [0.1, 0.15) is 16.7 Å². The molecule has 0 unspecified atom stereocenters. The topological polar surface area (TPSA) is 78.9 Å². The summed E-state index contributed by atoms with van der Waals surface area (Å²) in [5.41, 5.74) is 7.75. The Labute approximate surface area is 295 Å². The molecule has 0 aliphatic carbocycles. The summed E-state index contributed by atoms with van der Waals surface area (Å²) >= 11 is -4.47. The first-order chi connectivity index (χ1) is 24.0. The Bertz CT molecular complexity index is 1790. The van der Waals surface area contributed by atoms with Gasteiger partial charge in [-0.3, -0.25) is 0 Å². The molecule has 6 rings (SSSR count). The molecule has 49 heavy (non-hydrogen) atoms. The quantitative estimate of drug-likeness (QED) is 0.115. The van der Waals surface area contributed by atoms with E-state index in [9.17, 15) is 14.4 Å². The molecular formula is C42H33BiO6. The van der Waals surface area contributed by atoms with E-state index in [0.29, 0.717) is 0 Å². The van der Waals surface area contributed by atoms with Crippen molar-refractivity contribution in [2.75, 3.05) is 0 Å². The van der Waals surface area contributed by atoms with Gasteiger partial charge in [0.1, 0.15) is 0 Å². The summed E-state index contributed by atoms with van der Waals surface area (Å²) < 4.78 is 17.3. The monoisotopic (exact) mass is 842 g/mol. The third kappa shape index (κ3) is 9.16. The van der Waals surface area contributed by atoms with Crippen LogP contribution in [0.2, 0.25) is 0 Å². The van der Waals surface area contributed by atoms with Gasteiger partial charge in [-0.05, 0) is 0 Å². The Morgan fingerprint density at radius 3 is 0.878 bits per heavy atom. The average Bonchev–Trinajstić information content (AvgIpc) is 3.13. The fourth-order valence-electron chi connectivity index (χ4n) is 5.59. The number of carbonyl (C=O) groups is 3. The number of hydrogen-bond donors (Lipinski definition) is 0. The van der Waals surface area contributed by atoms with Crippen molar-refractivity contribution in [2.24, 2.45) is 0 Å². The molecule has 6 aromatic rings. The summed E-state index contributed by atoms with van der Waals surface area (Å²) in [6.45, 7) is 0. The Balaban J connectivity index is 1.21. The second-order valence-corrected chi connectivity index (χ2v) is 15.1. The van der Waals surface area contributed by atoms with E-state index in [4.69, 9.17) is 8.44 Å². The fraction of sp³-hybridized carbons (Fsp3) is 0.0714. The number of carbonyl (C=O) groups excluding carboxylic acids is 3. The summed E-state index contributed by atoms with van der Waals surface area (Å²) in [7, 11) is 0. The SMILES string of the molecule is O=C(Cc1ccccc1-c1ccccc1)[O][Bi]([O]C(=O)Cc1ccccc1-c1ccccc1)[O]C(=O)Cc1ccccc1-c1ccccc1. The molecule has 0 aromatic heterocycles. The molecular weight excluding hydrogens is 809 g/mol. The molecule has 0 spiro atoms. The van der Waals surface area contributed by atoms with E-state index in [-0.39, 0.29) is 19.3 Å². The van der Waals surface area contributed by atoms with Crippen LogP contribution in [0.25, 0.3) is 33.4 Å². The normalized spacial score (nSPS) is 10.7. The van der Waals surface area contributed by atoms with E-state index in [2.05, 4.69) is 0 Å². The Morgan fingerprint density at radius 1 is 0.347 bits per heavy atom. The summed E-state index contributed by atoms with van der Waals surface area (Å²) in [5, 5.41) is 0. The van der Waals surface area contributed by atoms with Crippen LogP contribution >= 0.6 is 0 Å². The van der Waals surface area contributed by atoms with E-state index in [1.165, 1.54) is 0 Å². The predicted octanol–water partition coefficient (Wildman–Crippen LogP) is 8.33. The molecule has 6 aromatic carbocycles. The van der Waals surface area contributed by atoms with Crippen molar-refractivity contribution in [3.63, 3.8) is 0 Å². The van der Waals surface area contributed by atoms with Crippen molar-refractivity contribution in [3.8, 4) is 33.4 Å². The first kappa shape index (κ1) is 33.5. The van der Waals surface area contributed by atoms with Crippen molar-refractivity contribution in [2.45, 2.75) is 19.3 Å². The minimum atomic E-state index is -4.47. The van der Waals surface area contributed by atoms with Crippen LogP contribution in [0.5, 0.6) is 0 Å². The van der Waals surface area contributed by atoms with Gasteiger partial charge >= 0.3 is 297 Å². The molecule has 0 aliphatic heterocycles. The standard InChI is InChI=1S/3C14H12O2.Bi/c3*15-14(16)10-12-8-4-5-9-13(12)11-6-2-1-3-7-11;/h3*1-9H,10H2,(H,15,16);/q;;;+3/p-3. The fourth-order valence-corrected chi connectivity index (χ4v) is 8.72. The minimum absolute atomic E-state index is 0.0836. The molecule has 0 amide bonds. The molecule has 0 fully saturated rings. The van der Waals surface area contributed by atoms with Crippen LogP contribution in [0.4, 0.5) is 0 Å². The summed E-state index contributed by atoms with van der Waals surface area (Å²) in [6.07, 6.45) is -0.251. The maximum atomic E-state index is 13.4. The summed E-state index contributed by atoms with van der Waals surface area (Å²) in [5.74, 6) is -1.89. The van der Waals surface area contributed by atoms with Crippen molar-refractivity contribution < 1.29 is 22.8 Å². The average molecular weight is 843 g/mol. The van der Waals surface area contributed by atoms with Crippen LogP contribution < -0.4 is 0 Å². The molecule has 0 atom stereocenters. The van der Waals surface area contributed by atoms with E-state index in [1.54, 1.807) is 0 Å². The van der Waals surface area contributed by atoms with Crippen LogP contribution in [-0.4, -0.2) is 41.0 Å². The number of hydrogen-bond acceptors (Lipinski definition) is 6. The van der Waals surface area contributed by atoms with Gasteiger partial charge in [-0.15, -0.1) is 0 Å². The second-order valence-electron chi connectivity index (χ2n) is 11.2. The van der Waals surface area contributed by atoms with E-state index < -0.39 is 41.0 Å². The van der Waals surface area contributed by atoms with Gasteiger partial charge in [-0.25, -0.2) is 0 Å². The van der Waals surface area contributed by atoms with Crippen molar-refractivity contribution in [1.29, 1.82) is 0 Å². The van der Waals surface area contributed by atoms with Gasteiger partial charge in [0.2, 0.25) is 0 Å². The molecule has 6 nitrogen and oxygen atoms in total. The molecule has 0 saturated carbocycles. The first-order valence-electron chi connectivity index (χ1n) is 15.9. The number of benzene rings is 6. The third-order valence-electron chi connectivity index (χ3n) is 7.84. The zero-order chi connectivity index (χ0) is 33.8. The molecule has 7 heteroatoms. The zero-order valence-corrected chi connectivity index (χ0v) is 30.1. The van der Waals surface area contributed by atoms with E-state index in [0.717, 1.165) is 50.1 Å². The molecule has 0 radical (unpaired) electrons. The molecule has 0 bridgehead atoms. The summed E-state index contributed by atoms with van der Waals surface area (Å²) in [6, 6.07) is 51.8. The van der Waals surface area contributed by atoms with Crippen LogP contribution in [-0.2, 0) is 42.1 Å². The van der Waals surface area contributed by atoms with Crippen molar-refractivity contribution >= 4 is 41.0 Å². The third-order valence-corrected chi connectivity index (χ3v) is 12.0. The van der Waals surface area contributed by atoms with E-state index >= 15 is 0 Å². The Kier molecular flexibility index (Phi) is 11.4. The second kappa shape index (κ2) is 16.6. The molecule has 0 saturated heterocycles. The molecule has 0 heterocycles. The predicted molar refractivity (Wildman–Crippen MR) is 191 cm³/mol. The van der Waals surface area contributed by atoms with Crippen LogP contribution in [0.15, 0.2) is 164 Å². The molecule has 0 aliphatic rings. The Morgan fingerprint density at radius 2 is 0.592 bits per heavy atom. The van der Waals surface area contributed by atoms with Crippen molar-refractivity contribution in [3.05, 3.63) is 180 Å². The zero-order valence-electron chi connectivity index (χ0n) is 26.6.